The Kier molecular flexibility index (Phi) is 8.67. The Bertz CT molecular complexity index is 1720. The van der Waals surface area contributed by atoms with Gasteiger partial charge >= 0.3 is 6.03 Å². The highest BCUT2D eigenvalue weighted by Crippen LogP contribution is 2.48. The molecule has 1 saturated carbocycles. The first-order valence-electron chi connectivity index (χ1n) is 17.0. The fraction of sp³-hybridized carbons (Fsp3) is 0.636. The van der Waals surface area contributed by atoms with Crippen molar-refractivity contribution in [2.75, 3.05) is 51.0 Å². The van der Waals surface area contributed by atoms with Crippen LogP contribution in [-0.2, 0) is 16.6 Å². The van der Waals surface area contributed by atoms with Crippen molar-refractivity contribution in [2.45, 2.75) is 94.4 Å². The zero-order chi connectivity index (χ0) is 33.6. The molecule has 5 atom stereocenters. The van der Waals surface area contributed by atoms with Gasteiger partial charge in [0.15, 0.2) is 0 Å². The van der Waals surface area contributed by atoms with Crippen molar-refractivity contribution in [1.82, 2.24) is 30.7 Å². The Morgan fingerprint density at radius 3 is 2.83 bits per heavy atom. The second-order valence-electron chi connectivity index (χ2n) is 14.2. The number of likely N-dealkylation sites (tertiary alicyclic amines) is 1. The summed E-state index contributed by atoms with van der Waals surface area (Å²) in [4.78, 5) is 32.0. The van der Waals surface area contributed by atoms with Gasteiger partial charge in [-0.3, -0.25) is 0 Å². The van der Waals surface area contributed by atoms with Crippen LogP contribution in [-0.4, -0.2) is 90.3 Å². The molecule has 0 spiro atoms. The number of thiophene rings is 1. The van der Waals surface area contributed by atoms with Crippen LogP contribution in [0, 0.1) is 11.3 Å². The number of nitrogens with one attached hydrogen (secondary N) is 3. The zero-order valence-electron chi connectivity index (χ0n) is 28.1. The molecule has 48 heavy (non-hydrogen) atoms. The molecule has 0 aromatic carbocycles. The largest absolute Gasteiger partial charge is 0.468 e. The highest BCUT2D eigenvalue weighted by Gasteiger charge is 2.45. The van der Waals surface area contributed by atoms with E-state index in [1.54, 1.807) is 7.11 Å². The van der Waals surface area contributed by atoms with E-state index in [4.69, 9.17) is 34.7 Å². The average molecular weight is 678 g/mol. The quantitative estimate of drug-likeness (QED) is 0.247. The van der Waals surface area contributed by atoms with Crippen molar-refractivity contribution in [1.29, 1.82) is 5.26 Å². The Morgan fingerprint density at radius 1 is 1.27 bits per heavy atom. The summed E-state index contributed by atoms with van der Waals surface area (Å²) in [7, 11) is 3.86. The molecule has 7 rings (SSSR count). The van der Waals surface area contributed by atoms with Crippen molar-refractivity contribution < 1.29 is 23.7 Å². The van der Waals surface area contributed by atoms with Crippen LogP contribution >= 0.6 is 11.3 Å². The number of carbonyl (C=O) groups excluding carboxylic acids is 1. The number of aromatic nitrogens is 4. The molecule has 3 aromatic rings. The Hall–Kier alpha value is -4.00. The summed E-state index contributed by atoms with van der Waals surface area (Å²) in [6.07, 6.45) is 7.35. The van der Waals surface area contributed by atoms with Gasteiger partial charge in [0.2, 0.25) is 23.4 Å². The topological polar surface area (TPSA) is 182 Å². The number of nitriles is 1. The molecule has 14 nitrogen and oxygen atoms in total. The number of carbonyl (C=O) groups is 1. The van der Waals surface area contributed by atoms with E-state index in [0.717, 1.165) is 61.9 Å². The maximum Gasteiger partial charge on any atom is 0.315 e. The number of methoxy groups -OCH3 is 1. The molecule has 1 unspecified atom stereocenters. The van der Waals surface area contributed by atoms with Crippen molar-refractivity contribution in [3.63, 3.8) is 0 Å². The third kappa shape index (κ3) is 6.17. The van der Waals surface area contributed by atoms with Gasteiger partial charge in [-0.05, 0) is 52.4 Å². The van der Waals surface area contributed by atoms with Gasteiger partial charge < -0.3 is 40.2 Å². The summed E-state index contributed by atoms with van der Waals surface area (Å²) < 4.78 is 17.7. The van der Waals surface area contributed by atoms with Gasteiger partial charge in [-0.25, -0.2) is 9.78 Å². The predicted octanol–water partition coefficient (Wildman–Crippen LogP) is 2.19. The number of amides is 2. The van der Waals surface area contributed by atoms with Crippen molar-refractivity contribution in [3.05, 3.63) is 28.0 Å². The van der Waals surface area contributed by atoms with E-state index in [1.807, 2.05) is 13.0 Å². The van der Waals surface area contributed by atoms with E-state index < -0.39 is 5.41 Å². The molecule has 15 heteroatoms. The molecule has 0 radical (unpaired) electrons. The number of likely N-dealkylation sites (N-methyl/N-ethyl adjacent to an activating group) is 1. The van der Waals surface area contributed by atoms with Gasteiger partial charge in [0.05, 0.1) is 36.7 Å². The molecule has 3 aromatic heterocycles. The first-order valence-corrected chi connectivity index (χ1v) is 17.8. The molecule has 256 valence electrons. The highest BCUT2D eigenvalue weighted by atomic mass is 32.1. The SMILES string of the molecule is COCC1(NC(=O)N[C@H]2CCN(c3cc(O[C@@H](C)[C@@H]4CCC[NH+]4C)nc(-c4noc([C@@]5(C)CCCc6sc(N)c(C#N)c65)n4)n3)C2)CC1. The Labute approximate surface area is 284 Å². The maximum absolute atomic E-state index is 12.8. The smallest absolute Gasteiger partial charge is 0.315 e. The first kappa shape index (κ1) is 32.5. The van der Waals surface area contributed by atoms with Crippen LogP contribution in [0.2, 0.25) is 0 Å². The molecule has 5 heterocycles. The van der Waals surface area contributed by atoms with E-state index in [-0.39, 0.29) is 29.5 Å². The molecular weight excluding hydrogens is 632 g/mol. The average Bonchev–Trinajstić information content (AvgIpc) is 3.55. The fourth-order valence-corrected chi connectivity index (χ4v) is 9.00. The lowest BCUT2D eigenvalue weighted by Crippen LogP contribution is -3.12. The number of ether oxygens (including phenoxy) is 2. The summed E-state index contributed by atoms with van der Waals surface area (Å²) in [5.41, 5.74) is 6.73. The summed E-state index contributed by atoms with van der Waals surface area (Å²) >= 11 is 1.47. The van der Waals surface area contributed by atoms with Crippen LogP contribution < -0.4 is 30.9 Å². The molecule has 2 saturated heterocycles. The van der Waals surface area contributed by atoms with Gasteiger partial charge in [-0.1, -0.05) is 5.16 Å². The van der Waals surface area contributed by atoms with Gasteiger partial charge in [-0.2, -0.15) is 15.2 Å². The first-order chi connectivity index (χ1) is 23.1. The Morgan fingerprint density at radius 2 is 2.10 bits per heavy atom. The van der Waals surface area contributed by atoms with Crippen LogP contribution in [0.1, 0.15) is 80.7 Å². The lowest BCUT2D eigenvalue weighted by Gasteiger charge is -2.30. The number of hydrogen-bond donors (Lipinski definition) is 4. The predicted molar refractivity (Wildman–Crippen MR) is 179 cm³/mol. The maximum atomic E-state index is 12.8. The number of aryl methyl sites for hydroxylation is 1. The Balaban J connectivity index is 1.15. The molecular formula is C33H45N10O4S+. The minimum atomic E-state index is -0.657. The third-order valence-electron chi connectivity index (χ3n) is 10.6. The van der Waals surface area contributed by atoms with Gasteiger partial charge in [0.25, 0.3) is 0 Å². The summed E-state index contributed by atoms with van der Waals surface area (Å²) in [6.45, 7) is 7.05. The second kappa shape index (κ2) is 12.8. The van der Waals surface area contributed by atoms with E-state index in [9.17, 15) is 10.1 Å². The van der Waals surface area contributed by atoms with E-state index >= 15 is 0 Å². The number of nitrogens with two attached hydrogens (primary N) is 1. The normalized spacial score (nSPS) is 26.5. The van der Waals surface area contributed by atoms with Crippen LogP contribution in [0.3, 0.4) is 0 Å². The number of urea groups is 1. The monoisotopic (exact) mass is 677 g/mol. The van der Waals surface area contributed by atoms with E-state index in [2.05, 4.69) is 40.7 Å². The van der Waals surface area contributed by atoms with Crippen LogP contribution in [0.15, 0.2) is 10.6 Å². The van der Waals surface area contributed by atoms with E-state index in [0.29, 0.717) is 59.7 Å². The molecule has 2 amide bonds. The van der Waals surface area contributed by atoms with Gasteiger partial charge in [0, 0.05) is 55.6 Å². The number of quaternary nitrogens is 1. The van der Waals surface area contributed by atoms with Gasteiger partial charge in [0.1, 0.15) is 29.0 Å². The molecule has 3 fully saturated rings. The second-order valence-corrected chi connectivity index (χ2v) is 15.3. The lowest BCUT2D eigenvalue weighted by molar-refractivity contribution is -0.895. The van der Waals surface area contributed by atoms with Crippen molar-refractivity contribution in [2.24, 2.45) is 0 Å². The van der Waals surface area contributed by atoms with Crippen molar-refractivity contribution in [3.8, 4) is 23.6 Å². The van der Waals surface area contributed by atoms with Crippen molar-refractivity contribution >= 4 is 28.2 Å². The third-order valence-corrected chi connectivity index (χ3v) is 11.7. The van der Waals surface area contributed by atoms with Crippen LogP contribution in [0.5, 0.6) is 5.88 Å². The summed E-state index contributed by atoms with van der Waals surface area (Å²) in [5.74, 6) is 2.08. The number of hydrogen-bond acceptors (Lipinski definition) is 12. The van der Waals surface area contributed by atoms with Crippen LogP contribution in [0.25, 0.3) is 11.6 Å². The summed E-state index contributed by atoms with van der Waals surface area (Å²) in [6, 6.07) is 4.31. The summed E-state index contributed by atoms with van der Waals surface area (Å²) in [5, 5.41) is 21.0. The zero-order valence-corrected chi connectivity index (χ0v) is 28.9. The molecule has 2 aliphatic heterocycles. The molecule has 4 aliphatic rings. The molecule has 5 N–H and O–H groups in total. The lowest BCUT2D eigenvalue weighted by atomic mass is 9.72. The minimum absolute atomic E-state index is 0.0506. The van der Waals surface area contributed by atoms with Crippen LogP contribution in [0.4, 0.5) is 15.6 Å². The van der Waals surface area contributed by atoms with Gasteiger partial charge in [-0.15, -0.1) is 11.3 Å². The fourth-order valence-electron chi connectivity index (χ4n) is 7.80. The van der Waals surface area contributed by atoms with E-state index in [1.165, 1.54) is 22.7 Å². The molecule has 0 bridgehead atoms. The minimum Gasteiger partial charge on any atom is -0.468 e. The highest BCUT2D eigenvalue weighted by molar-refractivity contribution is 7.16. The standard InChI is InChI=1S/C33H44N10O4S/c1-19(22-7-6-13-42(22)3)46-25-15-24(43-14-9-20(17-43)36-31(44)40-33(11-12-33)18-45-4)37-28(38-25)29-39-30(47-41-29)32(2)10-5-8-23-26(32)21(16-34)27(35)48-23/h15,19-20,22H,5-14,17-18,35H2,1-4H3,(H2,36,40,44)/p+1/t19-,20-,22-,32-/m0/s1. The molecule has 2 aliphatic carbocycles. The number of anilines is 2. The number of fused-ring (bicyclic) bond motifs is 1. The number of rotatable bonds is 10. The number of nitrogens with zero attached hydrogens (tertiary/aromatic N) is 6. The number of nitrogen functional groups attached to an aromatic ring is 1.